The second-order valence-electron chi connectivity index (χ2n) is 6.13. The normalized spacial score (nSPS) is 25.7. The molecule has 0 amide bonds. The predicted octanol–water partition coefficient (Wildman–Crippen LogP) is 2.91. The fourth-order valence-corrected chi connectivity index (χ4v) is 3.84. The molecule has 1 aromatic carbocycles. The van der Waals surface area contributed by atoms with Crippen molar-refractivity contribution >= 4 is 5.69 Å². The van der Waals surface area contributed by atoms with Gasteiger partial charge in [0.2, 0.25) is 0 Å². The predicted molar refractivity (Wildman–Crippen MR) is 84.8 cm³/mol. The summed E-state index contributed by atoms with van der Waals surface area (Å²) in [5, 5.41) is 3.81. The summed E-state index contributed by atoms with van der Waals surface area (Å²) in [6, 6.07) is 9.82. The molecule has 1 aromatic heterocycles. The highest BCUT2D eigenvalue weighted by Crippen LogP contribution is 2.30. The summed E-state index contributed by atoms with van der Waals surface area (Å²) in [5.41, 5.74) is 2.40. The average molecular weight is 282 g/mol. The van der Waals surface area contributed by atoms with Crippen molar-refractivity contribution in [2.75, 3.05) is 18.4 Å². The van der Waals surface area contributed by atoms with Crippen molar-refractivity contribution < 1.29 is 0 Å². The molecule has 2 aliphatic rings. The number of fused-ring (bicyclic) bond motifs is 1. The van der Waals surface area contributed by atoms with E-state index in [1.165, 1.54) is 50.1 Å². The summed E-state index contributed by atoms with van der Waals surface area (Å²) in [6.45, 7) is 2.53. The number of hydrogen-bond donors (Lipinski definition) is 1. The second kappa shape index (κ2) is 5.53. The molecule has 0 bridgehead atoms. The lowest BCUT2D eigenvalue weighted by molar-refractivity contribution is 0.193. The van der Waals surface area contributed by atoms with Crippen LogP contribution in [0.3, 0.4) is 0 Å². The zero-order valence-corrected chi connectivity index (χ0v) is 12.3. The van der Waals surface area contributed by atoms with Crippen LogP contribution >= 0.6 is 0 Å². The fourth-order valence-electron chi connectivity index (χ4n) is 3.84. The van der Waals surface area contributed by atoms with Crippen molar-refractivity contribution in [1.82, 2.24) is 14.5 Å². The van der Waals surface area contributed by atoms with Gasteiger partial charge in [-0.25, -0.2) is 4.98 Å². The van der Waals surface area contributed by atoms with Crippen LogP contribution in [0.4, 0.5) is 5.69 Å². The van der Waals surface area contributed by atoms with Crippen molar-refractivity contribution in [2.24, 2.45) is 0 Å². The number of benzene rings is 1. The van der Waals surface area contributed by atoms with Crippen LogP contribution in [0, 0.1) is 0 Å². The Morgan fingerprint density at radius 1 is 1.10 bits per heavy atom. The smallest absolute Gasteiger partial charge is 0.0992 e. The summed E-state index contributed by atoms with van der Waals surface area (Å²) < 4.78 is 2.08. The molecule has 2 aromatic rings. The van der Waals surface area contributed by atoms with E-state index in [4.69, 9.17) is 0 Å². The van der Waals surface area contributed by atoms with Crippen LogP contribution in [0.5, 0.6) is 0 Å². The third-order valence-corrected chi connectivity index (χ3v) is 4.88. The first-order chi connectivity index (χ1) is 10.4. The van der Waals surface area contributed by atoms with E-state index in [2.05, 4.69) is 44.0 Å². The largest absolute Gasteiger partial charge is 0.379 e. The number of aromatic nitrogens is 2. The van der Waals surface area contributed by atoms with Gasteiger partial charge in [-0.3, -0.25) is 4.90 Å². The molecule has 4 heteroatoms. The van der Waals surface area contributed by atoms with E-state index in [9.17, 15) is 0 Å². The van der Waals surface area contributed by atoms with Crippen molar-refractivity contribution in [3.63, 3.8) is 0 Å². The standard InChI is InChI=1S/C17H22N4/c1-2-6-17(21-12-9-18-13-21)14(5-1)19-15-8-11-20-10-4-3-7-16(15)20/h1-2,5-6,9,12-13,15-16,19H,3-4,7-8,10-11H2. The van der Waals surface area contributed by atoms with E-state index in [1.54, 1.807) is 0 Å². The Labute approximate surface area is 125 Å². The van der Waals surface area contributed by atoms with Gasteiger partial charge in [0.15, 0.2) is 0 Å². The first-order valence-corrected chi connectivity index (χ1v) is 8.00. The number of nitrogens with one attached hydrogen (secondary N) is 1. The summed E-state index contributed by atoms with van der Waals surface area (Å²) in [4.78, 5) is 6.83. The lowest BCUT2D eigenvalue weighted by Crippen LogP contribution is -2.41. The Kier molecular flexibility index (Phi) is 3.39. The molecule has 2 aliphatic heterocycles. The summed E-state index contributed by atoms with van der Waals surface area (Å²) >= 11 is 0. The first kappa shape index (κ1) is 12.9. The maximum absolute atomic E-state index is 4.16. The molecule has 21 heavy (non-hydrogen) atoms. The summed E-state index contributed by atoms with van der Waals surface area (Å²) in [6.07, 6.45) is 11.0. The Bertz CT molecular complexity index is 593. The van der Waals surface area contributed by atoms with Crippen LogP contribution in [-0.2, 0) is 0 Å². The number of piperidine rings is 1. The zero-order valence-electron chi connectivity index (χ0n) is 12.3. The van der Waals surface area contributed by atoms with E-state index in [1.807, 2.05) is 18.7 Å². The topological polar surface area (TPSA) is 33.1 Å². The molecule has 0 radical (unpaired) electrons. The SMILES string of the molecule is c1ccc(-n2ccnc2)c(NC2CCN3CCCCC23)c1. The molecule has 2 atom stereocenters. The zero-order chi connectivity index (χ0) is 14.1. The molecular formula is C17H22N4. The van der Waals surface area contributed by atoms with Crippen LogP contribution < -0.4 is 5.32 Å². The highest BCUT2D eigenvalue weighted by Gasteiger charge is 2.35. The van der Waals surface area contributed by atoms with E-state index < -0.39 is 0 Å². The molecule has 4 nitrogen and oxygen atoms in total. The number of para-hydroxylation sites is 2. The molecule has 4 rings (SSSR count). The fraction of sp³-hybridized carbons (Fsp3) is 0.471. The average Bonchev–Trinajstić information content (AvgIpc) is 3.18. The third kappa shape index (κ3) is 2.44. The number of imidazole rings is 1. The Morgan fingerprint density at radius 3 is 2.95 bits per heavy atom. The minimum absolute atomic E-state index is 0.579. The minimum Gasteiger partial charge on any atom is -0.379 e. The Balaban J connectivity index is 1.58. The van der Waals surface area contributed by atoms with Crippen molar-refractivity contribution in [3.05, 3.63) is 43.0 Å². The van der Waals surface area contributed by atoms with E-state index in [0.29, 0.717) is 6.04 Å². The monoisotopic (exact) mass is 282 g/mol. The van der Waals surface area contributed by atoms with E-state index >= 15 is 0 Å². The lowest BCUT2D eigenvalue weighted by atomic mass is 9.99. The Hall–Kier alpha value is -1.81. The van der Waals surface area contributed by atoms with Gasteiger partial charge in [0.25, 0.3) is 0 Å². The molecule has 0 spiro atoms. The van der Waals surface area contributed by atoms with Gasteiger partial charge in [-0.05, 0) is 37.9 Å². The maximum atomic E-state index is 4.16. The second-order valence-corrected chi connectivity index (χ2v) is 6.13. The number of rotatable bonds is 3. The summed E-state index contributed by atoms with van der Waals surface area (Å²) in [7, 11) is 0. The molecule has 110 valence electrons. The third-order valence-electron chi connectivity index (χ3n) is 4.88. The highest BCUT2D eigenvalue weighted by atomic mass is 15.2. The van der Waals surface area contributed by atoms with Gasteiger partial charge in [0.05, 0.1) is 17.7 Å². The van der Waals surface area contributed by atoms with Gasteiger partial charge >= 0.3 is 0 Å². The van der Waals surface area contributed by atoms with Crippen LogP contribution in [0.1, 0.15) is 25.7 Å². The molecule has 2 unspecified atom stereocenters. The van der Waals surface area contributed by atoms with Gasteiger partial charge < -0.3 is 9.88 Å². The number of hydrogen-bond acceptors (Lipinski definition) is 3. The quantitative estimate of drug-likeness (QED) is 0.939. The molecule has 3 heterocycles. The van der Waals surface area contributed by atoms with Crippen LogP contribution in [0.25, 0.3) is 5.69 Å². The van der Waals surface area contributed by atoms with Crippen LogP contribution in [-0.4, -0.2) is 39.6 Å². The molecule has 2 saturated heterocycles. The van der Waals surface area contributed by atoms with Crippen molar-refractivity contribution in [3.8, 4) is 5.69 Å². The van der Waals surface area contributed by atoms with E-state index in [0.717, 1.165) is 6.04 Å². The molecular weight excluding hydrogens is 260 g/mol. The number of nitrogens with zero attached hydrogens (tertiary/aromatic N) is 3. The summed E-state index contributed by atoms with van der Waals surface area (Å²) in [5.74, 6) is 0. The molecule has 0 aliphatic carbocycles. The van der Waals surface area contributed by atoms with Crippen LogP contribution in [0.2, 0.25) is 0 Å². The van der Waals surface area contributed by atoms with Gasteiger partial charge in [-0.2, -0.15) is 0 Å². The van der Waals surface area contributed by atoms with E-state index in [-0.39, 0.29) is 0 Å². The lowest BCUT2D eigenvalue weighted by Gasteiger charge is -2.33. The minimum atomic E-state index is 0.579. The first-order valence-electron chi connectivity index (χ1n) is 8.00. The maximum Gasteiger partial charge on any atom is 0.0992 e. The Morgan fingerprint density at radius 2 is 2.05 bits per heavy atom. The van der Waals surface area contributed by atoms with Crippen LogP contribution in [0.15, 0.2) is 43.0 Å². The van der Waals surface area contributed by atoms with Gasteiger partial charge in [0.1, 0.15) is 0 Å². The molecule has 0 saturated carbocycles. The van der Waals surface area contributed by atoms with Gasteiger partial charge in [-0.15, -0.1) is 0 Å². The van der Waals surface area contributed by atoms with Crippen molar-refractivity contribution in [1.29, 1.82) is 0 Å². The molecule has 1 N–H and O–H groups in total. The van der Waals surface area contributed by atoms with Crippen molar-refractivity contribution in [2.45, 2.75) is 37.8 Å². The highest BCUT2D eigenvalue weighted by molar-refractivity contribution is 5.61. The van der Waals surface area contributed by atoms with Gasteiger partial charge in [0, 0.05) is 31.0 Å². The molecule has 2 fully saturated rings. The number of anilines is 1. The van der Waals surface area contributed by atoms with Gasteiger partial charge in [-0.1, -0.05) is 18.6 Å².